The summed E-state index contributed by atoms with van der Waals surface area (Å²) in [4.78, 5) is 25.6. The topological polar surface area (TPSA) is 102 Å². The van der Waals surface area contributed by atoms with Crippen molar-refractivity contribution in [1.82, 2.24) is 4.31 Å². The Kier molecular flexibility index (Phi) is 8.78. The van der Waals surface area contributed by atoms with Crippen molar-refractivity contribution >= 4 is 55.9 Å². The van der Waals surface area contributed by atoms with Gasteiger partial charge in [0.05, 0.1) is 24.7 Å². The summed E-state index contributed by atoms with van der Waals surface area (Å²) in [7, 11) is -3.59. The van der Waals surface area contributed by atoms with Crippen LogP contribution in [-0.4, -0.2) is 57.5 Å². The molecule has 1 aliphatic rings. The van der Waals surface area contributed by atoms with Crippen molar-refractivity contribution in [2.24, 2.45) is 0 Å². The predicted octanol–water partition coefficient (Wildman–Crippen LogP) is 4.92. The molecule has 0 bridgehead atoms. The molecule has 0 aliphatic carbocycles. The van der Waals surface area contributed by atoms with Gasteiger partial charge in [0.15, 0.2) is 0 Å². The van der Waals surface area contributed by atoms with Crippen LogP contribution >= 0.6 is 22.9 Å². The predicted molar refractivity (Wildman–Crippen MR) is 144 cm³/mol. The number of hydrogen-bond acceptors (Lipinski definition) is 7. The Morgan fingerprint density at radius 2 is 1.78 bits per heavy atom. The summed E-state index contributed by atoms with van der Waals surface area (Å²) in [6.07, 6.45) is 2.89. The summed E-state index contributed by atoms with van der Waals surface area (Å²) >= 11 is 7.20. The number of esters is 1. The van der Waals surface area contributed by atoms with E-state index < -0.39 is 21.9 Å². The van der Waals surface area contributed by atoms with Gasteiger partial charge in [0.1, 0.15) is 10.6 Å². The summed E-state index contributed by atoms with van der Waals surface area (Å²) in [5.74, 6) is -0.981. The Morgan fingerprint density at radius 3 is 2.43 bits per heavy atom. The number of amides is 1. The molecule has 1 saturated heterocycles. The van der Waals surface area contributed by atoms with E-state index in [1.165, 1.54) is 33.9 Å². The lowest BCUT2D eigenvalue weighted by Crippen LogP contribution is -2.40. The number of carbonyl (C=O) groups excluding carboxylic acids is 2. The van der Waals surface area contributed by atoms with E-state index in [4.69, 9.17) is 21.1 Å². The number of benzene rings is 2. The van der Waals surface area contributed by atoms with Gasteiger partial charge in [0.2, 0.25) is 15.9 Å². The highest BCUT2D eigenvalue weighted by atomic mass is 35.5. The van der Waals surface area contributed by atoms with Gasteiger partial charge in [-0.2, -0.15) is 4.31 Å². The third-order valence-corrected chi connectivity index (χ3v) is 8.64. The van der Waals surface area contributed by atoms with E-state index in [-0.39, 0.29) is 17.1 Å². The Hall–Kier alpha value is -3.02. The van der Waals surface area contributed by atoms with Crippen molar-refractivity contribution in [3.05, 3.63) is 76.1 Å². The number of halogens is 1. The van der Waals surface area contributed by atoms with Gasteiger partial charge in [0.25, 0.3) is 0 Å². The molecule has 1 aromatic heterocycles. The lowest BCUT2D eigenvalue weighted by atomic mass is 10.0. The molecular formula is C26H25ClN2O6S2. The average Bonchev–Trinajstić information content (AvgIpc) is 3.32. The molecular weight excluding hydrogens is 536 g/mol. The van der Waals surface area contributed by atoms with E-state index in [0.29, 0.717) is 47.5 Å². The molecule has 2 aromatic carbocycles. The maximum Gasteiger partial charge on any atom is 0.341 e. The number of rotatable bonds is 8. The molecule has 0 saturated carbocycles. The Labute approximate surface area is 224 Å². The zero-order valence-corrected chi connectivity index (χ0v) is 22.4. The minimum Gasteiger partial charge on any atom is -0.462 e. The van der Waals surface area contributed by atoms with E-state index >= 15 is 0 Å². The maximum atomic E-state index is 12.8. The Bertz CT molecular complexity index is 1390. The molecule has 1 aliphatic heterocycles. The van der Waals surface area contributed by atoms with Crippen LogP contribution in [0.25, 0.3) is 17.2 Å². The lowest BCUT2D eigenvalue weighted by Gasteiger charge is -2.26. The first-order chi connectivity index (χ1) is 17.8. The number of hydrogen-bond donors (Lipinski definition) is 1. The van der Waals surface area contributed by atoms with Crippen molar-refractivity contribution in [3.8, 4) is 11.1 Å². The number of nitrogens with one attached hydrogen (secondary N) is 1. The van der Waals surface area contributed by atoms with Crippen molar-refractivity contribution in [1.29, 1.82) is 0 Å². The minimum absolute atomic E-state index is 0.184. The fraction of sp³-hybridized carbons (Fsp3) is 0.231. The van der Waals surface area contributed by atoms with E-state index in [1.807, 2.05) is 0 Å². The van der Waals surface area contributed by atoms with Crippen molar-refractivity contribution in [3.63, 3.8) is 0 Å². The van der Waals surface area contributed by atoms with Crippen LogP contribution in [0.1, 0.15) is 22.8 Å². The maximum absolute atomic E-state index is 12.8. The normalized spacial score (nSPS) is 14.5. The summed E-state index contributed by atoms with van der Waals surface area (Å²) in [6.45, 7) is 3.29. The summed E-state index contributed by atoms with van der Waals surface area (Å²) in [6, 6.07) is 13.3. The van der Waals surface area contributed by atoms with E-state index in [2.05, 4.69) is 5.32 Å². The quantitative estimate of drug-likeness (QED) is 0.310. The molecule has 1 amide bonds. The molecule has 0 radical (unpaired) electrons. The van der Waals surface area contributed by atoms with Gasteiger partial charge in [-0.3, -0.25) is 4.79 Å². The second kappa shape index (κ2) is 12.0. The molecule has 3 aromatic rings. The van der Waals surface area contributed by atoms with Crippen molar-refractivity contribution < 1.29 is 27.5 Å². The molecule has 2 heterocycles. The first-order valence-electron chi connectivity index (χ1n) is 11.5. The number of nitrogens with zero attached hydrogens (tertiary/aromatic N) is 1. The number of ether oxygens (including phenoxy) is 2. The number of anilines is 1. The van der Waals surface area contributed by atoms with Crippen LogP contribution in [0.3, 0.4) is 0 Å². The van der Waals surface area contributed by atoms with Crippen LogP contribution < -0.4 is 5.32 Å². The number of morpholine rings is 1. The van der Waals surface area contributed by atoms with Crippen molar-refractivity contribution in [2.45, 2.75) is 11.8 Å². The zero-order valence-electron chi connectivity index (χ0n) is 20.0. The third-order valence-electron chi connectivity index (χ3n) is 5.58. The van der Waals surface area contributed by atoms with Gasteiger partial charge >= 0.3 is 5.97 Å². The van der Waals surface area contributed by atoms with Gasteiger partial charge in [-0.1, -0.05) is 35.9 Å². The molecule has 0 unspecified atom stereocenters. The number of carbonyl (C=O) groups is 2. The van der Waals surface area contributed by atoms with Gasteiger partial charge in [-0.05, 0) is 48.4 Å². The largest absolute Gasteiger partial charge is 0.462 e. The first-order valence-corrected chi connectivity index (χ1v) is 14.2. The van der Waals surface area contributed by atoms with E-state index in [9.17, 15) is 18.0 Å². The van der Waals surface area contributed by atoms with E-state index in [0.717, 1.165) is 5.56 Å². The van der Waals surface area contributed by atoms with Gasteiger partial charge < -0.3 is 14.8 Å². The minimum atomic E-state index is -3.59. The molecule has 11 heteroatoms. The fourth-order valence-electron chi connectivity index (χ4n) is 3.71. The van der Waals surface area contributed by atoms with Crippen LogP contribution in [-0.2, 0) is 24.3 Å². The highest BCUT2D eigenvalue weighted by Gasteiger charge is 2.26. The van der Waals surface area contributed by atoms with Crippen molar-refractivity contribution in [2.75, 3.05) is 38.2 Å². The Morgan fingerprint density at radius 1 is 1.11 bits per heavy atom. The monoisotopic (exact) mass is 560 g/mol. The second-order valence-corrected chi connectivity index (χ2v) is 11.2. The van der Waals surface area contributed by atoms with Gasteiger partial charge in [0, 0.05) is 35.1 Å². The number of thiophene rings is 1. The van der Waals surface area contributed by atoms with Gasteiger partial charge in [-0.25, -0.2) is 13.2 Å². The molecule has 0 spiro atoms. The molecule has 0 atom stereocenters. The zero-order chi connectivity index (χ0) is 26.4. The smallest absolute Gasteiger partial charge is 0.341 e. The fourth-order valence-corrected chi connectivity index (χ4v) is 6.20. The molecule has 1 fully saturated rings. The highest BCUT2D eigenvalue weighted by Crippen LogP contribution is 2.36. The molecule has 4 rings (SSSR count). The van der Waals surface area contributed by atoms with Crippen LogP contribution in [0, 0.1) is 0 Å². The van der Waals surface area contributed by atoms with Gasteiger partial charge in [-0.15, -0.1) is 11.3 Å². The summed E-state index contributed by atoms with van der Waals surface area (Å²) in [5, 5.41) is 5.47. The summed E-state index contributed by atoms with van der Waals surface area (Å²) in [5.41, 5.74) is 2.33. The molecule has 194 valence electrons. The average molecular weight is 561 g/mol. The molecule has 8 nitrogen and oxygen atoms in total. The molecule has 1 N–H and O–H groups in total. The standard InChI is InChI=1S/C26H25ClN2O6S2/c1-2-35-26(31)24-22(19-6-8-20(27)9-7-19)17-36-25(24)28-23(30)12-5-18-3-10-21(11-4-18)37(32,33)29-13-15-34-16-14-29/h3-12,17H,2,13-16H2,1H3,(H,28,30). The lowest BCUT2D eigenvalue weighted by molar-refractivity contribution is -0.111. The first kappa shape index (κ1) is 27.0. The van der Waals surface area contributed by atoms with E-state index in [1.54, 1.807) is 54.8 Å². The van der Waals surface area contributed by atoms with Crippen LogP contribution in [0.15, 0.2) is 64.9 Å². The number of sulfonamides is 1. The molecule has 37 heavy (non-hydrogen) atoms. The highest BCUT2D eigenvalue weighted by molar-refractivity contribution is 7.89. The SMILES string of the molecule is CCOC(=O)c1c(-c2ccc(Cl)cc2)csc1NC(=O)C=Cc1ccc(S(=O)(=O)N2CCOCC2)cc1. The Balaban J connectivity index is 1.48. The third kappa shape index (κ3) is 6.46. The van der Waals surface area contributed by atoms with Crippen LogP contribution in [0.5, 0.6) is 0 Å². The second-order valence-electron chi connectivity index (χ2n) is 7.99. The van der Waals surface area contributed by atoms with Crippen LogP contribution in [0.4, 0.5) is 5.00 Å². The summed E-state index contributed by atoms with van der Waals surface area (Å²) < 4.78 is 37.4. The van der Waals surface area contributed by atoms with Crippen LogP contribution in [0.2, 0.25) is 5.02 Å².